The zero-order chi connectivity index (χ0) is 13.4. The lowest BCUT2D eigenvalue weighted by Gasteiger charge is -2.21. The molecule has 2 fully saturated rings. The van der Waals surface area contributed by atoms with Gasteiger partial charge >= 0.3 is 0 Å². The van der Waals surface area contributed by atoms with Gasteiger partial charge in [0.05, 0.1) is 17.4 Å². The Kier molecular flexibility index (Phi) is 3.00. The van der Waals surface area contributed by atoms with E-state index in [4.69, 9.17) is 0 Å². The van der Waals surface area contributed by atoms with Gasteiger partial charge in [-0.15, -0.1) is 0 Å². The fraction of sp³-hybridized carbons (Fsp3) is 0.467. The van der Waals surface area contributed by atoms with Gasteiger partial charge in [0.2, 0.25) is 0 Å². The molecule has 1 aliphatic carbocycles. The summed E-state index contributed by atoms with van der Waals surface area (Å²) < 4.78 is 0. The molecular weight excluding hydrogens is 240 g/mol. The number of aliphatic hydroxyl groups excluding tert-OH is 1. The summed E-state index contributed by atoms with van der Waals surface area (Å²) in [6.07, 6.45) is 2.53. The molecule has 1 aliphatic heterocycles. The molecule has 1 saturated carbocycles. The van der Waals surface area contributed by atoms with Gasteiger partial charge in [-0.3, -0.25) is 4.79 Å². The maximum Gasteiger partial charge on any atom is 0.150 e. The highest BCUT2D eigenvalue weighted by Gasteiger charge is 2.42. The van der Waals surface area contributed by atoms with Gasteiger partial charge in [0, 0.05) is 24.6 Å². The Hall–Kier alpha value is -1.86. The van der Waals surface area contributed by atoms with E-state index in [2.05, 4.69) is 11.0 Å². The molecule has 3 atom stereocenters. The van der Waals surface area contributed by atoms with Crippen molar-refractivity contribution in [3.8, 4) is 6.07 Å². The highest BCUT2D eigenvalue weighted by atomic mass is 16.3. The van der Waals surface area contributed by atoms with Gasteiger partial charge < -0.3 is 10.0 Å². The lowest BCUT2D eigenvalue weighted by molar-refractivity contribution is 0.112. The van der Waals surface area contributed by atoms with Gasteiger partial charge in [-0.05, 0) is 37.0 Å². The molecule has 4 heteroatoms. The summed E-state index contributed by atoms with van der Waals surface area (Å²) in [6.45, 7) is 1.71. The molecule has 98 valence electrons. The van der Waals surface area contributed by atoms with Crippen LogP contribution in [0.4, 0.5) is 5.69 Å². The normalized spacial score (nSPS) is 29.1. The second-order valence-electron chi connectivity index (χ2n) is 5.48. The average molecular weight is 256 g/mol. The first-order valence-electron chi connectivity index (χ1n) is 6.65. The molecule has 1 saturated heterocycles. The number of carbonyl (C=O) groups excluding carboxylic acids is 1. The average Bonchev–Trinajstić information content (AvgIpc) is 3.00. The van der Waals surface area contributed by atoms with E-state index in [0.717, 1.165) is 37.9 Å². The molecule has 2 aliphatic rings. The Bertz CT molecular complexity index is 550. The number of hydrogen-bond acceptors (Lipinski definition) is 4. The molecule has 1 aromatic carbocycles. The fourth-order valence-corrected chi connectivity index (χ4v) is 3.43. The molecule has 0 radical (unpaired) electrons. The monoisotopic (exact) mass is 256 g/mol. The molecule has 4 nitrogen and oxygen atoms in total. The molecule has 0 spiro atoms. The molecule has 3 unspecified atom stereocenters. The van der Waals surface area contributed by atoms with Crippen molar-refractivity contribution < 1.29 is 9.90 Å². The van der Waals surface area contributed by atoms with E-state index >= 15 is 0 Å². The van der Waals surface area contributed by atoms with Crippen molar-refractivity contribution in [1.29, 1.82) is 5.26 Å². The standard InChI is InChI=1S/C15H16N2O2/c16-6-12-5-10(9-18)1-3-14(12)17-7-11-2-4-15(19)13(11)8-17/h1,3,5,9,11,13,15,19H,2,4,7-8H2. The first-order chi connectivity index (χ1) is 9.22. The predicted octanol–water partition coefficient (Wildman–Crippen LogP) is 1.58. The van der Waals surface area contributed by atoms with E-state index in [1.807, 2.05) is 6.07 Å². The van der Waals surface area contributed by atoms with Crippen molar-refractivity contribution in [2.24, 2.45) is 11.8 Å². The Morgan fingerprint density at radius 3 is 2.89 bits per heavy atom. The largest absolute Gasteiger partial charge is 0.393 e. The van der Waals surface area contributed by atoms with Crippen molar-refractivity contribution >= 4 is 12.0 Å². The van der Waals surface area contributed by atoms with E-state index in [-0.39, 0.29) is 6.10 Å². The zero-order valence-electron chi connectivity index (χ0n) is 10.6. The molecule has 19 heavy (non-hydrogen) atoms. The number of anilines is 1. The van der Waals surface area contributed by atoms with Crippen LogP contribution in [0.2, 0.25) is 0 Å². The van der Waals surface area contributed by atoms with Crippen LogP contribution >= 0.6 is 0 Å². The number of aldehydes is 1. The van der Waals surface area contributed by atoms with Gasteiger partial charge in [-0.2, -0.15) is 5.26 Å². The van der Waals surface area contributed by atoms with E-state index in [1.54, 1.807) is 12.1 Å². The summed E-state index contributed by atoms with van der Waals surface area (Å²) in [5.41, 5.74) is 1.95. The number of hydrogen-bond donors (Lipinski definition) is 1. The summed E-state index contributed by atoms with van der Waals surface area (Å²) in [7, 11) is 0. The number of nitriles is 1. The maximum atomic E-state index is 10.8. The van der Waals surface area contributed by atoms with Crippen LogP contribution in [0.1, 0.15) is 28.8 Å². The maximum absolute atomic E-state index is 10.8. The van der Waals surface area contributed by atoms with Gasteiger partial charge in [-0.25, -0.2) is 0 Å². The predicted molar refractivity (Wildman–Crippen MR) is 71.0 cm³/mol. The lowest BCUT2D eigenvalue weighted by atomic mass is 10.00. The minimum Gasteiger partial charge on any atom is -0.393 e. The Labute approximate surface area is 112 Å². The van der Waals surface area contributed by atoms with Crippen molar-refractivity contribution in [1.82, 2.24) is 0 Å². The Morgan fingerprint density at radius 2 is 2.21 bits per heavy atom. The molecule has 0 bridgehead atoms. The first-order valence-corrected chi connectivity index (χ1v) is 6.65. The summed E-state index contributed by atoms with van der Waals surface area (Å²) >= 11 is 0. The van der Waals surface area contributed by atoms with Crippen molar-refractivity contribution in [3.63, 3.8) is 0 Å². The van der Waals surface area contributed by atoms with Crippen LogP contribution in [0.15, 0.2) is 18.2 Å². The molecule has 1 N–H and O–H groups in total. The minimum atomic E-state index is -0.199. The summed E-state index contributed by atoms with van der Waals surface area (Å²) in [4.78, 5) is 12.9. The van der Waals surface area contributed by atoms with Crippen molar-refractivity contribution in [2.45, 2.75) is 18.9 Å². The Morgan fingerprint density at radius 1 is 1.37 bits per heavy atom. The van der Waals surface area contributed by atoms with Gasteiger partial charge in [-0.1, -0.05) is 0 Å². The highest BCUT2D eigenvalue weighted by Crippen LogP contribution is 2.40. The van der Waals surface area contributed by atoms with Crippen LogP contribution in [0, 0.1) is 23.2 Å². The van der Waals surface area contributed by atoms with E-state index < -0.39 is 0 Å². The van der Waals surface area contributed by atoms with Gasteiger partial charge in [0.15, 0.2) is 0 Å². The van der Waals surface area contributed by atoms with Crippen molar-refractivity contribution in [2.75, 3.05) is 18.0 Å². The number of rotatable bonds is 2. The van der Waals surface area contributed by atoms with Gasteiger partial charge in [0.25, 0.3) is 0 Å². The lowest BCUT2D eigenvalue weighted by Crippen LogP contribution is -2.25. The van der Waals surface area contributed by atoms with Crippen molar-refractivity contribution in [3.05, 3.63) is 29.3 Å². The number of benzene rings is 1. The van der Waals surface area contributed by atoms with Crippen LogP contribution in [0.25, 0.3) is 0 Å². The van der Waals surface area contributed by atoms with Crippen LogP contribution in [0.3, 0.4) is 0 Å². The molecule has 1 aromatic rings. The van der Waals surface area contributed by atoms with Gasteiger partial charge in [0.1, 0.15) is 12.4 Å². The van der Waals surface area contributed by atoms with Crippen LogP contribution in [-0.2, 0) is 0 Å². The molecular formula is C15H16N2O2. The molecule has 0 amide bonds. The van der Waals surface area contributed by atoms with Crippen LogP contribution in [-0.4, -0.2) is 30.6 Å². The summed E-state index contributed by atoms with van der Waals surface area (Å²) in [5.74, 6) is 0.865. The highest BCUT2D eigenvalue weighted by molar-refractivity contribution is 5.78. The van der Waals surface area contributed by atoms with E-state index in [1.165, 1.54) is 0 Å². The number of aliphatic hydroxyl groups is 1. The number of carbonyl (C=O) groups is 1. The topological polar surface area (TPSA) is 64.3 Å². The number of fused-ring (bicyclic) bond motifs is 1. The Balaban J connectivity index is 1.88. The number of nitrogens with zero attached hydrogens (tertiary/aromatic N) is 2. The SMILES string of the molecule is N#Cc1cc(C=O)ccc1N1CC2CCC(O)C2C1. The molecule has 0 aromatic heterocycles. The fourth-order valence-electron chi connectivity index (χ4n) is 3.43. The van der Waals surface area contributed by atoms with E-state index in [9.17, 15) is 15.2 Å². The zero-order valence-corrected chi connectivity index (χ0v) is 10.6. The molecule has 3 rings (SSSR count). The summed E-state index contributed by atoms with van der Waals surface area (Å²) in [6, 6.07) is 7.38. The minimum absolute atomic E-state index is 0.199. The third-order valence-electron chi connectivity index (χ3n) is 4.44. The quantitative estimate of drug-likeness (QED) is 0.816. The van der Waals surface area contributed by atoms with E-state index in [0.29, 0.717) is 23.0 Å². The smallest absolute Gasteiger partial charge is 0.150 e. The van der Waals surface area contributed by atoms with Crippen LogP contribution < -0.4 is 4.90 Å². The van der Waals surface area contributed by atoms with Crippen LogP contribution in [0.5, 0.6) is 0 Å². The second kappa shape index (κ2) is 4.67. The third-order valence-corrected chi connectivity index (χ3v) is 4.44. The second-order valence-corrected chi connectivity index (χ2v) is 5.48. The third kappa shape index (κ3) is 2.00. The molecule has 1 heterocycles. The first kappa shape index (κ1) is 12.2. The summed E-state index contributed by atoms with van der Waals surface area (Å²) in [5, 5.41) is 19.1.